The molecule has 0 atom stereocenters. The molecule has 0 bridgehead atoms. The molecule has 0 spiro atoms. The van der Waals surface area contributed by atoms with Crippen LogP contribution in [-0.4, -0.2) is 24.1 Å². The molecule has 0 saturated heterocycles. The summed E-state index contributed by atoms with van der Waals surface area (Å²) in [6.07, 6.45) is 1.77. The summed E-state index contributed by atoms with van der Waals surface area (Å²) < 4.78 is 5.16. The average Bonchev–Trinajstić information content (AvgIpc) is 2.30. The van der Waals surface area contributed by atoms with E-state index < -0.39 is 11.9 Å². The lowest BCUT2D eigenvalue weighted by molar-refractivity contribution is -0.131. The summed E-state index contributed by atoms with van der Waals surface area (Å²) >= 11 is 0. The third-order valence-corrected chi connectivity index (χ3v) is 2.38. The zero-order chi connectivity index (χ0) is 13.7. The van der Waals surface area contributed by atoms with E-state index in [9.17, 15) is 9.59 Å². The highest BCUT2D eigenvalue weighted by atomic mass is 16.5. The Morgan fingerprint density at radius 1 is 1.22 bits per heavy atom. The molecule has 0 unspecified atom stereocenters. The minimum atomic E-state index is -1.16. The highest BCUT2D eigenvalue weighted by Gasteiger charge is 2.06. The van der Waals surface area contributed by atoms with Crippen LogP contribution in [0.5, 0.6) is 5.75 Å². The molecular formula is C13H15NO4. The molecule has 1 aromatic carbocycles. The number of hydrogen-bond donors (Lipinski definition) is 2. The lowest BCUT2D eigenvalue weighted by Crippen LogP contribution is -2.10. The van der Waals surface area contributed by atoms with E-state index in [1.165, 1.54) is 0 Å². The number of aliphatic carboxylic acids is 1. The van der Waals surface area contributed by atoms with Gasteiger partial charge in [0.15, 0.2) is 0 Å². The summed E-state index contributed by atoms with van der Waals surface area (Å²) in [7, 11) is 1.58. The number of benzene rings is 1. The van der Waals surface area contributed by atoms with Gasteiger partial charge in [0.2, 0.25) is 5.91 Å². The van der Waals surface area contributed by atoms with Crippen LogP contribution in [0.25, 0.3) is 0 Å². The number of nitrogens with one attached hydrogen (secondary N) is 1. The minimum absolute atomic E-state index is 0.481. The second-order valence-corrected chi connectivity index (χ2v) is 3.80. The summed E-state index contributed by atoms with van der Waals surface area (Å²) in [4.78, 5) is 21.7. The van der Waals surface area contributed by atoms with Gasteiger partial charge in [-0.1, -0.05) is 0 Å². The molecule has 0 saturated carbocycles. The average molecular weight is 249 g/mol. The third kappa shape index (κ3) is 3.62. The quantitative estimate of drug-likeness (QED) is 0.799. The van der Waals surface area contributed by atoms with Crippen LogP contribution in [-0.2, 0) is 9.59 Å². The highest BCUT2D eigenvalue weighted by Crippen LogP contribution is 2.25. The van der Waals surface area contributed by atoms with Crippen LogP contribution in [0, 0.1) is 13.8 Å². The summed E-state index contributed by atoms with van der Waals surface area (Å²) in [5, 5.41) is 11.0. The Morgan fingerprint density at radius 3 is 2.44 bits per heavy atom. The van der Waals surface area contributed by atoms with E-state index in [0.717, 1.165) is 29.0 Å². The van der Waals surface area contributed by atoms with Crippen molar-refractivity contribution in [3.05, 3.63) is 35.4 Å². The first-order valence-electron chi connectivity index (χ1n) is 5.31. The Kier molecular flexibility index (Phi) is 4.48. The molecule has 0 aliphatic rings. The van der Waals surface area contributed by atoms with Crippen LogP contribution in [0.4, 0.5) is 5.69 Å². The molecule has 0 heterocycles. The van der Waals surface area contributed by atoms with E-state index in [2.05, 4.69) is 5.32 Å². The topological polar surface area (TPSA) is 75.6 Å². The lowest BCUT2D eigenvalue weighted by Gasteiger charge is -2.11. The van der Waals surface area contributed by atoms with Gasteiger partial charge < -0.3 is 15.2 Å². The summed E-state index contributed by atoms with van der Waals surface area (Å²) in [6, 6.07) is 3.59. The molecule has 1 amide bonds. The van der Waals surface area contributed by atoms with Crippen LogP contribution in [0.1, 0.15) is 11.1 Å². The number of aryl methyl sites for hydroxylation is 2. The van der Waals surface area contributed by atoms with Crippen molar-refractivity contribution in [2.75, 3.05) is 12.4 Å². The van der Waals surface area contributed by atoms with Gasteiger partial charge in [-0.3, -0.25) is 4.79 Å². The first kappa shape index (κ1) is 13.8. The van der Waals surface area contributed by atoms with Gasteiger partial charge in [-0.25, -0.2) is 4.79 Å². The molecule has 18 heavy (non-hydrogen) atoms. The van der Waals surface area contributed by atoms with Crippen molar-refractivity contribution in [1.82, 2.24) is 0 Å². The van der Waals surface area contributed by atoms with Gasteiger partial charge in [0, 0.05) is 17.8 Å². The van der Waals surface area contributed by atoms with Crippen LogP contribution in [0.15, 0.2) is 24.3 Å². The maximum atomic E-state index is 11.4. The molecule has 96 valence electrons. The molecule has 2 N–H and O–H groups in total. The molecule has 1 aromatic rings. The Bertz CT molecular complexity index is 506. The van der Waals surface area contributed by atoms with Gasteiger partial charge >= 0.3 is 5.97 Å². The maximum Gasteiger partial charge on any atom is 0.328 e. The fourth-order valence-corrected chi connectivity index (χ4v) is 1.47. The largest absolute Gasteiger partial charge is 0.496 e. The minimum Gasteiger partial charge on any atom is -0.496 e. The molecule has 5 heteroatoms. The number of methoxy groups -OCH3 is 1. The van der Waals surface area contributed by atoms with Gasteiger partial charge in [0.1, 0.15) is 5.75 Å². The van der Waals surface area contributed by atoms with Crippen molar-refractivity contribution >= 4 is 17.6 Å². The van der Waals surface area contributed by atoms with Gasteiger partial charge in [-0.15, -0.1) is 0 Å². The predicted octanol–water partition coefficient (Wildman–Crippen LogP) is 1.89. The molecule has 0 aliphatic heterocycles. The summed E-state index contributed by atoms with van der Waals surface area (Å²) in [5.41, 5.74) is 2.36. The zero-order valence-corrected chi connectivity index (χ0v) is 10.5. The Morgan fingerprint density at radius 2 is 1.89 bits per heavy atom. The summed E-state index contributed by atoms with van der Waals surface area (Å²) in [5.74, 6) is -0.899. The fraction of sp³-hybridized carbons (Fsp3) is 0.231. The second kappa shape index (κ2) is 5.86. The van der Waals surface area contributed by atoms with Crippen molar-refractivity contribution in [1.29, 1.82) is 0 Å². The number of ether oxygens (including phenoxy) is 1. The molecule has 5 nitrogen and oxygen atoms in total. The SMILES string of the molecule is COc1cc(C)c(NC(=O)/C=C/C(=O)O)cc1C. The van der Waals surface area contributed by atoms with E-state index in [1.54, 1.807) is 13.2 Å². The van der Waals surface area contributed by atoms with Crippen LogP contribution >= 0.6 is 0 Å². The molecule has 0 aliphatic carbocycles. The van der Waals surface area contributed by atoms with Crippen molar-refractivity contribution in [3.8, 4) is 5.75 Å². The number of rotatable bonds is 4. The molecule has 0 radical (unpaired) electrons. The van der Waals surface area contributed by atoms with Gasteiger partial charge in [-0.2, -0.15) is 0 Å². The third-order valence-electron chi connectivity index (χ3n) is 2.38. The normalized spacial score (nSPS) is 10.4. The predicted molar refractivity (Wildman–Crippen MR) is 67.9 cm³/mol. The van der Waals surface area contributed by atoms with Gasteiger partial charge in [0.25, 0.3) is 0 Å². The van der Waals surface area contributed by atoms with Crippen molar-refractivity contribution < 1.29 is 19.4 Å². The van der Waals surface area contributed by atoms with E-state index in [0.29, 0.717) is 5.69 Å². The van der Waals surface area contributed by atoms with E-state index in [4.69, 9.17) is 9.84 Å². The standard InChI is InChI=1S/C13H15NO4/c1-8-7-11(18-3)9(2)6-10(8)14-12(15)4-5-13(16)17/h4-7H,1-3H3,(H,14,15)(H,16,17)/b5-4+. The monoisotopic (exact) mass is 249 g/mol. The van der Waals surface area contributed by atoms with E-state index in [1.807, 2.05) is 19.9 Å². The lowest BCUT2D eigenvalue weighted by atomic mass is 10.1. The number of anilines is 1. The zero-order valence-electron chi connectivity index (χ0n) is 10.5. The molecular weight excluding hydrogens is 234 g/mol. The first-order valence-corrected chi connectivity index (χ1v) is 5.31. The number of carbonyl (C=O) groups is 2. The number of carboxylic acid groups (broad SMARTS) is 1. The number of amides is 1. The smallest absolute Gasteiger partial charge is 0.328 e. The fourth-order valence-electron chi connectivity index (χ4n) is 1.47. The number of carbonyl (C=O) groups excluding carboxylic acids is 1. The van der Waals surface area contributed by atoms with Gasteiger partial charge in [-0.05, 0) is 37.1 Å². The molecule has 1 rings (SSSR count). The molecule has 0 aromatic heterocycles. The summed E-state index contributed by atoms with van der Waals surface area (Å²) in [6.45, 7) is 3.69. The number of carboxylic acids is 1. The Hall–Kier alpha value is -2.30. The Labute approximate surface area is 105 Å². The first-order chi connectivity index (χ1) is 8.43. The highest BCUT2D eigenvalue weighted by molar-refractivity contribution is 6.02. The maximum absolute atomic E-state index is 11.4. The van der Waals surface area contributed by atoms with Crippen LogP contribution in [0.2, 0.25) is 0 Å². The van der Waals surface area contributed by atoms with Crippen LogP contribution in [0.3, 0.4) is 0 Å². The Balaban J connectivity index is 2.88. The van der Waals surface area contributed by atoms with E-state index >= 15 is 0 Å². The molecule has 0 fully saturated rings. The van der Waals surface area contributed by atoms with Crippen molar-refractivity contribution in [2.24, 2.45) is 0 Å². The number of hydrogen-bond acceptors (Lipinski definition) is 3. The second-order valence-electron chi connectivity index (χ2n) is 3.80. The van der Waals surface area contributed by atoms with E-state index in [-0.39, 0.29) is 0 Å². The van der Waals surface area contributed by atoms with Gasteiger partial charge in [0.05, 0.1) is 7.11 Å². The van der Waals surface area contributed by atoms with Crippen LogP contribution < -0.4 is 10.1 Å². The van der Waals surface area contributed by atoms with Crippen molar-refractivity contribution in [2.45, 2.75) is 13.8 Å². The van der Waals surface area contributed by atoms with Crippen molar-refractivity contribution in [3.63, 3.8) is 0 Å².